The van der Waals surface area contributed by atoms with E-state index >= 15 is 0 Å². The van der Waals surface area contributed by atoms with Crippen LogP contribution in [-0.4, -0.2) is 12.6 Å². The van der Waals surface area contributed by atoms with E-state index in [0.29, 0.717) is 12.1 Å². The number of benzene rings is 1. The van der Waals surface area contributed by atoms with Gasteiger partial charge in [-0.15, -0.1) is 0 Å². The fourth-order valence-corrected chi connectivity index (χ4v) is 2.51. The predicted octanol–water partition coefficient (Wildman–Crippen LogP) is 5.34. The highest BCUT2D eigenvalue weighted by molar-refractivity contribution is 5.29. The molecule has 0 saturated carbocycles. The van der Waals surface area contributed by atoms with Crippen LogP contribution in [0.4, 0.5) is 0 Å². The second kappa shape index (κ2) is 9.83. The Morgan fingerprint density at radius 1 is 1.00 bits per heavy atom. The smallest absolute Gasteiger partial charge is 0.119 e. The SMILES string of the molecule is CCCOc1ccc(C(C)NC(C)CCCC(C)C)cc1. The van der Waals surface area contributed by atoms with Crippen LogP contribution in [0.25, 0.3) is 0 Å². The van der Waals surface area contributed by atoms with E-state index in [4.69, 9.17) is 4.74 Å². The second-order valence-electron chi connectivity index (χ2n) is 6.53. The molecular weight excluding hydrogens is 258 g/mol. The molecule has 0 radical (unpaired) electrons. The van der Waals surface area contributed by atoms with Crippen molar-refractivity contribution < 1.29 is 4.74 Å². The molecule has 2 atom stereocenters. The lowest BCUT2D eigenvalue weighted by atomic mass is 10.0. The molecule has 2 heteroatoms. The van der Waals surface area contributed by atoms with Crippen molar-refractivity contribution in [3.63, 3.8) is 0 Å². The molecule has 0 fully saturated rings. The van der Waals surface area contributed by atoms with Crippen LogP contribution in [0.15, 0.2) is 24.3 Å². The molecule has 1 aromatic carbocycles. The van der Waals surface area contributed by atoms with Gasteiger partial charge in [-0.2, -0.15) is 0 Å². The van der Waals surface area contributed by atoms with Gasteiger partial charge in [-0.1, -0.05) is 45.7 Å². The standard InChI is InChI=1S/C19H33NO/c1-6-14-21-19-12-10-18(11-13-19)17(5)20-16(4)9-7-8-15(2)3/h10-13,15-17,20H,6-9,14H2,1-5H3. The van der Waals surface area contributed by atoms with E-state index in [9.17, 15) is 0 Å². The summed E-state index contributed by atoms with van der Waals surface area (Å²) in [6.07, 6.45) is 4.93. The summed E-state index contributed by atoms with van der Waals surface area (Å²) in [5, 5.41) is 3.69. The van der Waals surface area contributed by atoms with Crippen molar-refractivity contribution in [3.05, 3.63) is 29.8 Å². The third kappa shape index (κ3) is 7.52. The highest BCUT2D eigenvalue weighted by Gasteiger charge is 2.09. The molecule has 0 amide bonds. The van der Waals surface area contributed by atoms with E-state index in [1.54, 1.807) is 0 Å². The Kier molecular flexibility index (Phi) is 8.44. The quantitative estimate of drug-likeness (QED) is 0.628. The Labute approximate surface area is 131 Å². The number of hydrogen-bond acceptors (Lipinski definition) is 2. The average molecular weight is 291 g/mol. The van der Waals surface area contributed by atoms with Crippen LogP contribution in [0.3, 0.4) is 0 Å². The Balaban J connectivity index is 2.38. The Hall–Kier alpha value is -1.02. The highest BCUT2D eigenvalue weighted by atomic mass is 16.5. The van der Waals surface area contributed by atoms with Gasteiger partial charge in [-0.05, 0) is 50.3 Å². The first kappa shape index (κ1) is 18.0. The molecule has 0 bridgehead atoms. The van der Waals surface area contributed by atoms with Gasteiger partial charge < -0.3 is 10.1 Å². The van der Waals surface area contributed by atoms with Crippen LogP contribution < -0.4 is 10.1 Å². The van der Waals surface area contributed by atoms with Crippen molar-refractivity contribution in [2.45, 2.75) is 72.4 Å². The molecular formula is C19H33NO. The molecule has 2 unspecified atom stereocenters. The summed E-state index contributed by atoms with van der Waals surface area (Å²) in [6.45, 7) is 12.0. The number of nitrogens with one attached hydrogen (secondary N) is 1. The molecule has 21 heavy (non-hydrogen) atoms. The van der Waals surface area contributed by atoms with Gasteiger partial charge in [0, 0.05) is 12.1 Å². The lowest BCUT2D eigenvalue weighted by Gasteiger charge is -2.21. The molecule has 0 aliphatic rings. The molecule has 0 heterocycles. The van der Waals surface area contributed by atoms with Gasteiger partial charge in [0.05, 0.1) is 6.61 Å². The lowest BCUT2D eigenvalue weighted by molar-refractivity contribution is 0.317. The van der Waals surface area contributed by atoms with E-state index in [1.807, 2.05) is 0 Å². The van der Waals surface area contributed by atoms with Crippen molar-refractivity contribution in [1.29, 1.82) is 0 Å². The first-order valence-corrected chi connectivity index (χ1v) is 8.51. The van der Waals surface area contributed by atoms with E-state index < -0.39 is 0 Å². The van der Waals surface area contributed by atoms with Gasteiger partial charge in [0.2, 0.25) is 0 Å². The van der Waals surface area contributed by atoms with Gasteiger partial charge in [0.25, 0.3) is 0 Å². The third-order valence-electron chi connectivity index (χ3n) is 3.81. The number of rotatable bonds is 10. The Morgan fingerprint density at radius 3 is 2.24 bits per heavy atom. The van der Waals surface area contributed by atoms with Crippen LogP contribution in [0.2, 0.25) is 0 Å². The van der Waals surface area contributed by atoms with Crippen LogP contribution in [0.5, 0.6) is 5.75 Å². The highest BCUT2D eigenvalue weighted by Crippen LogP contribution is 2.19. The van der Waals surface area contributed by atoms with Crippen LogP contribution >= 0.6 is 0 Å². The van der Waals surface area contributed by atoms with Gasteiger partial charge in [-0.25, -0.2) is 0 Å². The molecule has 0 aliphatic heterocycles. The predicted molar refractivity (Wildman–Crippen MR) is 91.9 cm³/mol. The van der Waals surface area contributed by atoms with Gasteiger partial charge in [-0.3, -0.25) is 0 Å². The summed E-state index contributed by atoms with van der Waals surface area (Å²) in [5.74, 6) is 1.78. The first-order chi connectivity index (χ1) is 10.0. The first-order valence-electron chi connectivity index (χ1n) is 8.51. The molecule has 1 N–H and O–H groups in total. The maximum Gasteiger partial charge on any atom is 0.119 e. The van der Waals surface area contributed by atoms with E-state index in [1.165, 1.54) is 24.8 Å². The van der Waals surface area contributed by atoms with Crippen LogP contribution in [-0.2, 0) is 0 Å². The third-order valence-corrected chi connectivity index (χ3v) is 3.81. The van der Waals surface area contributed by atoms with Crippen molar-refractivity contribution in [1.82, 2.24) is 5.32 Å². The monoisotopic (exact) mass is 291 g/mol. The minimum atomic E-state index is 0.388. The molecule has 0 aliphatic carbocycles. The van der Waals surface area contributed by atoms with Gasteiger partial charge in [0.1, 0.15) is 5.75 Å². The molecule has 2 nitrogen and oxygen atoms in total. The lowest BCUT2D eigenvalue weighted by Crippen LogP contribution is -2.28. The van der Waals surface area contributed by atoms with Gasteiger partial charge >= 0.3 is 0 Å². The fraction of sp³-hybridized carbons (Fsp3) is 0.684. The minimum absolute atomic E-state index is 0.388. The Morgan fingerprint density at radius 2 is 1.67 bits per heavy atom. The molecule has 0 saturated heterocycles. The number of hydrogen-bond donors (Lipinski definition) is 1. The summed E-state index contributed by atoms with van der Waals surface area (Å²) >= 11 is 0. The van der Waals surface area contributed by atoms with Crippen molar-refractivity contribution in [2.75, 3.05) is 6.61 Å². The van der Waals surface area contributed by atoms with Crippen molar-refractivity contribution in [2.24, 2.45) is 5.92 Å². The molecule has 1 aromatic rings. The van der Waals surface area contributed by atoms with Crippen molar-refractivity contribution >= 4 is 0 Å². The topological polar surface area (TPSA) is 21.3 Å². The van der Waals surface area contributed by atoms with E-state index in [2.05, 4.69) is 64.2 Å². The zero-order chi connectivity index (χ0) is 15.7. The zero-order valence-corrected chi connectivity index (χ0v) is 14.5. The summed E-state index contributed by atoms with van der Waals surface area (Å²) in [4.78, 5) is 0. The normalized spacial score (nSPS) is 14.2. The van der Waals surface area contributed by atoms with E-state index in [-0.39, 0.29) is 0 Å². The summed E-state index contributed by atoms with van der Waals surface area (Å²) in [7, 11) is 0. The molecule has 0 spiro atoms. The Bertz CT molecular complexity index is 372. The maximum atomic E-state index is 5.63. The second-order valence-corrected chi connectivity index (χ2v) is 6.53. The van der Waals surface area contributed by atoms with Crippen LogP contribution in [0, 0.1) is 5.92 Å². The molecule has 1 rings (SSSR count). The molecule has 0 aromatic heterocycles. The average Bonchev–Trinajstić information content (AvgIpc) is 2.45. The molecule has 120 valence electrons. The van der Waals surface area contributed by atoms with Gasteiger partial charge in [0.15, 0.2) is 0 Å². The summed E-state index contributed by atoms with van der Waals surface area (Å²) in [5.41, 5.74) is 1.33. The maximum absolute atomic E-state index is 5.63. The number of ether oxygens (including phenoxy) is 1. The fourth-order valence-electron chi connectivity index (χ4n) is 2.51. The zero-order valence-electron chi connectivity index (χ0n) is 14.5. The largest absolute Gasteiger partial charge is 0.494 e. The van der Waals surface area contributed by atoms with E-state index in [0.717, 1.165) is 24.7 Å². The summed E-state index contributed by atoms with van der Waals surface area (Å²) < 4.78 is 5.63. The minimum Gasteiger partial charge on any atom is -0.494 e. The van der Waals surface area contributed by atoms with Crippen LogP contribution in [0.1, 0.15) is 71.9 Å². The van der Waals surface area contributed by atoms with Crippen molar-refractivity contribution in [3.8, 4) is 5.75 Å². The summed E-state index contributed by atoms with van der Waals surface area (Å²) in [6, 6.07) is 9.45.